The summed E-state index contributed by atoms with van der Waals surface area (Å²) in [7, 11) is 0. The maximum absolute atomic E-state index is 13.2. The molecule has 64 valence electrons. The van der Waals surface area contributed by atoms with Gasteiger partial charge in [-0.2, -0.15) is 0 Å². The average Bonchev–Trinajstić information content (AvgIpc) is 2.12. The molecule has 2 heteroatoms. The Bertz CT molecular complexity index is 256. The lowest BCUT2D eigenvalue weighted by Crippen LogP contribution is -2.16. The van der Waals surface area contributed by atoms with Crippen LogP contribution >= 0.6 is 0 Å². The minimum absolute atomic E-state index is 0.0354. The van der Waals surface area contributed by atoms with Gasteiger partial charge in [0.1, 0.15) is 6.17 Å². The van der Waals surface area contributed by atoms with Crippen LogP contribution in [0.15, 0.2) is 24.3 Å². The van der Waals surface area contributed by atoms with Crippen molar-refractivity contribution in [3.8, 4) is 0 Å². The number of fused-ring (bicyclic) bond motifs is 1. The summed E-state index contributed by atoms with van der Waals surface area (Å²) in [5.74, 6) is 0. The maximum Gasteiger partial charge on any atom is 0.149 e. The second-order valence-electron chi connectivity index (χ2n) is 3.07. The molecular formula is C10H11FO. The first-order valence-electron chi connectivity index (χ1n) is 4.13. The van der Waals surface area contributed by atoms with Crippen LogP contribution in [-0.2, 0) is 4.74 Å². The van der Waals surface area contributed by atoms with Gasteiger partial charge in [-0.3, -0.25) is 0 Å². The van der Waals surface area contributed by atoms with E-state index in [0.717, 1.165) is 11.1 Å². The quantitative estimate of drug-likeness (QED) is 0.575. The van der Waals surface area contributed by atoms with Crippen molar-refractivity contribution in [1.82, 2.24) is 0 Å². The topological polar surface area (TPSA) is 9.23 Å². The molecule has 0 saturated heterocycles. The summed E-state index contributed by atoms with van der Waals surface area (Å²) in [6.07, 6.45) is -0.911. The monoisotopic (exact) mass is 166 g/mol. The number of alkyl halides is 1. The largest absolute Gasteiger partial charge is 0.370 e. The fraction of sp³-hybridized carbons (Fsp3) is 0.400. The highest BCUT2D eigenvalue weighted by atomic mass is 19.1. The van der Waals surface area contributed by atoms with Crippen molar-refractivity contribution in [1.29, 1.82) is 0 Å². The summed E-state index contributed by atoms with van der Waals surface area (Å²) in [6, 6.07) is 7.53. The zero-order chi connectivity index (χ0) is 8.55. The highest BCUT2D eigenvalue weighted by molar-refractivity contribution is 5.32. The summed E-state index contributed by atoms with van der Waals surface area (Å²) < 4.78 is 18.5. The van der Waals surface area contributed by atoms with Gasteiger partial charge in [0, 0.05) is 0 Å². The molecule has 0 spiro atoms. The van der Waals surface area contributed by atoms with E-state index in [4.69, 9.17) is 4.74 Å². The molecule has 12 heavy (non-hydrogen) atoms. The van der Waals surface area contributed by atoms with Crippen molar-refractivity contribution in [2.45, 2.75) is 19.2 Å². The fourth-order valence-corrected chi connectivity index (χ4v) is 1.57. The summed E-state index contributed by atoms with van der Waals surface area (Å²) >= 11 is 0. The van der Waals surface area contributed by atoms with Crippen LogP contribution in [0.25, 0.3) is 0 Å². The molecule has 2 rings (SSSR count). The van der Waals surface area contributed by atoms with Gasteiger partial charge < -0.3 is 4.74 Å². The Labute approximate surface area is 71.2 Å². The minimum Gasteiger partial charge on any atom is -0.370 e. The van der Waals surface area contributed by atoms with Gasteiger partial charge in [0.05, 0.1) is 12.7 Å². The molecule has 0 saturated carbocycles. The molecule has 1 aromatic rings. The van der Waals surface area contributed by atoms with Crippen molar-refractivity contribution < 1.29 is 9.13 Å². The van der Waals surface area contributed by atoms with Gasteiger partial charge in [-0.05, 0) is 18.1 Å². The first-order chi connectivity index (χ1) is 5.79. The van der Waals surface area contributed by atoms with E-state index in [1.54, 1.807) is 0 Å². The van der Waals surface area contributed by atoms with E-state index in [0.29, 0.717) is 0 Å². The third-order valence-corrected chi connectivity index (χ3v) is 2.26. The zero-order valence-corrected chi connectivity index (χ0v) is 6.96. The van der Waals surface area contributed by atoms with Crippen LogP contribution in [0.2, 0.25) is 0 Å². The van der Waals surface area contributed by atoms with Crippen LogP contribution in [-0.4, -0.2) is 6.61 Å². The van der Waals surface area contributed by atoms with Gasteiger partial charge in [-0.25, -0.2) is 4.39 Å². The Balaban J connectivity index is 2.47. The van der Waals surface area contributed by atoms with E-state index in [9.17, 15) is 4.39 Å². The predicted octanol–water partition coefficient (Wildman–Crippen LogP) is 2.79. The molecule has 0 amide bonds. The molecule has 1 aliphatic heterocycles. The Morgan fingerprint density at radius 2 is 2.00 bits per heavy atom. The van der Waals surface area contributed by atoms with E-state index in [-0.39, 0.29) is 12.7 Å². The maximum atomic E-state index is 13.2. The van der Waals surface area contributed by atoms with Crippen molar-refractivity contribution in [3.63, 3.8) is 0 Å². The van der Waals surface area contributed by atoms with E-state index >= 15 is 0 Å². The van der Waals surface area contributed by atoms with Crippen molar-refractivity contribution in [2.24, 2.45) is 0 Å². The summed E-state index contributed by atoms with van der Waals surface area (Å²) in [5.41, 5.74) is 1.77. The number of hydrogen-bond donors (Lipinski definition) is 0. The number of rotatable bonds is 0. The second kappa shape index (κ2) is 2.87. The normalized spacial score (nSPS) is 28.2. The molecule has 2 atom stereocenters. The SMILES string of the molecule is C[C@@H]1OC[C@@H](F)c2ccccc21. The lowest BCUT2D eigenvalue weighted by Gasteiger charge is -2.25. The Morgan fingerprint density at radius 1 is 1.33 bits per heavy atom. The van der Waals surface area contributed by atoms with Crippen LogP contribution in [0.1, 0.15) is 30.3 Å². The van der Waals surface area contributed by atoms with Crippen LogP contribution in [0.3, 0.4) is 0 Å². The number of ether oxygens (including phenoxy) is 1. The average molecular weight is 166 g/mol. The van der Waals surface area contributed by atoms with E-state index in [1.165, 1.54) is 0 Å². The van der Waals surface area contributed by atoms with Crippen molar-refractivity contribution in [3.05, 3.63) is 35.4 Å². The fourth-order valence-electron chi connectivity index (χ4n) is 1.57. The molecule has 1 aromatic carbocycles. The van der Waals surface area contributed by atoms with Crippen LogP contribution in [0.5, 0.6) is 0 Å². The third kappa shape index (κ3) is 1.12. The van der Waals surface area contributed by atoms with Crippen LogP contribution in [0, 0.1) is 0 Å². The van der Waals surface area contributed by atoms with Crippen LogP contribution < -0.4 is 0 Å². The predicted molar refractivity (Wildman–Crippen MR) is 44.7 cm³/mol. The molecular weight excluding hydrogens is 155 g/mol. The standard InChI is InChI=1S/C10H11FO/c1-7-8-4-2-3-5-9(8)10(11)6-12-7/h2-5,7,10H,6H2,1H3/t7-,10+/m0/s1. The molecule has 0 aliphatic carbocycles. The molecule has 0 bridgehead atoms. The molecule has 1 aliphatic rings. The summed E-state index contributed by atoms with van der Waals surface area (Å²) in [5, 5.41) is 0. The molecule has 0 fully saturated rings. The van der Waals surface area contributed by atoms with Gasteiger partial charge in [0.2, 0.25) is 0 Å². The van der Waals surface area contributed by atoms with Crippen molar-refractivity contribution in [2.75, 3.05) is 6.61 Å². The summed E-state index contributed by atoms with van der Waals surface area (Å²) in [4.78, 5) is 0. The molecule has 0 unspecified atom stereocenters. The van der Waals surface area contributed by atoms with Crippen LogP contribution in [0.4, 0.5) is 4.39 Å². The molecule has 1 nitrogen and oxygen atoms in total. The molecule has 0 aromatic heterocycles. The zero-order valence-electron chi connectivity index (χ0n) is 6.96. The molecule has 0 N–H and O–H groups in total. The van der Waals surface area contributed by atoms with Gasteiger partial charge >= 0.3 is 0 Å². The van der Waals surface area contributed by atoms with E-state index < -0.39 is 6.17 Å². The van der Waals surface area contributed by atoms with Gasteiger partial charge in [-0.15, -0.1) is 0 Å². The smallest absolute Gasteiger partial charge is 0.149 e. The minimum atomic E-state index is -0.947. The summed E-state index contributed by atoms with van der Waals surface area (Å²) in [6.45, 7) is 2.14. The van der Waals surface area contributed by atoms with E-state index in [1.807, 2.05) is 31.2 Å². The Kier molecular flexibility index (Phi) is 1.85. The number of hydrogen-bond acceptors (Lipinski definition) is 1. The highest BCUT2D eigenvalue weighted by Crippen LogP contribution is 2.33. The van der Waals surface area contributed by atoms with Gasteiger partial charge in [0.25, 0.3) is 0 Å². The molecule has 1 heterocycles. The number of halogens is 1. The Hall–Kier alpha value is -0.890. The number of benzene rings is 1. The first kappa shape index (κ1) is 7.74. The lowest BCUT2D eigenvalue weighted by molar-refractivity contribution is 0.00915. The first-order valence-corrected chi connectivity index (χ1v) is 4.13. The Morgan fingerprint density at radius 3 is 2.67 bits per heavy atom. The van der Waals surface area contributed by atoms with Gasteiger partial charge in [-0.1, -0.05) is 24.3 Å². The third-order valence-electron chi connectivity index (χ3n) is 2.26. The lowest BCUT2D eigenvalue weighted by atomic mass is 9.97. The van der Waals surface area contributed by atoms with E-state index in [2.05, 4.69) is 0 Å². The molecule has 0 radical (unpaired) electrons. The van der Waals surface area contributed by atoms with Gasteiger partial charge in [0.15, 0.2) is 0 Å². The highest BCUT2D eigenvalue weighted by Gasteiger charge is 2.23. The second-order valence-corrected chi connectivity index (χ2v) is 3.07. The van der Waals surface area contributed by atoms with Crippen molar-refractivity contribution >= 4 is 0 Å².